The van der Waals surface area contributed by atoms with Crippen LogP contribution in [0, 0.1) is 0 Å². The number of nitrogens with zero attached hydrogens (tertiary/aromatic N) is 6. The number of rotatable bonds is 11. The quantitative estimate of drug-likeness (QED) is 0.0938. The van der Waals surface area contributed by atoms with E-state index >= 15 is 8.78 Å². The minimum absolute atomic E-state index is 0.0753. The molecule has 0 aromatic carbocycles. The molecule has 0 bridgehead atoms. The third-order valence-corrected chi connectivity index (χ3v) is 9.62. The Morgan fingerprint density at radius 2 is 1.89 bits per heavy atom. The maximum atomic E-state index is 15.8. The summed E-state index contributed by atoms with van der Waals surface area (Å²) in [5, 5.41) is 9.86. The molecule has 4 aromatic heterocycles. The van der Waals surface area contributed by atoms with Gasteiger partial charge in [-0.15, -0.1) is 4.52 Å². The molecule has 10 atom stereocenters. The monoisotopic (exact) mass is 724 g/mol. The predicted molar refractivity (Wildman–Crippen MR) is 163 cm³/mol. The van der Waals surface area contributed by atoms with Gasteiger partial charge in [-0.1, -0.05) is 0 Å². The van der Waals surface area contributed by atoms with Crippen molar-refractivity contribution in [1.82, 2.24) is 34.1 Å². The van der Waals surface area contributed by atoms with Crippen molar-refractivity contribution in [3.05, 3.63) is 35.3 Å². The van der Waals surface area contributed by atoms with E-state index in [0.717, 1.165) is 6.33 Å². The summed E-state index contributed by atoms with van der Waals surface area (Å²) in [7, 11) is -2.62. The summed E-state index contributed by atoms with van der Waals surface area (Å²) in [6.07, 6.45) is -8.76. The lowest BCUT2D eigenvalue weighted by Gasteiger charge is -2.26. The molecule has 2 aliphatic heterocycles. The summed E-state index contributed by atoms with van der Waals surface area (Å²) < 4.78 is 73.7. The number of aromatic amines is 1. The van der Waals surface area contributed by atoms with Gasteiger partial charge in [0.1, 0.15) is 42.2 Å². The van der Waals surface area contributed by atoms with Gasteiger partial charge < -0.3 is 40.0 Å². The SMILES string of the molecule is Nc1nc2c(ncn2[C@@H]2O[C@H](CCO)[C@@H](F)[C@H]2OP(O)(=S)OC[C@H]2O[C@@H](n3ccc4c(N)ncnc43)[C@@H](F)[C@@H]2O[P+](=O)S)c(=O)[nH]1. The molecule has 24 heteroatoms. The number of hydrogen-bond donors (Lipinski definition) is 6. The second-order valence-corrected chi connectivity index (χ2v) is 14.6. The highest BCUT2D eigenvalue weighted by molar-refractivity contribution is 8.39. The maximum Gasteiger partial charge on any atom is 0.582 e. The van der Waals surface area contributed by atoms with E-state index in [-0.39, 0.29) is 35.0 Å². The summed E-state index contributed by atoms with van der Waals surface area (Å²) in [4.78, 5) is 41.7. The fraction of sp³-hybridized carbons (Fsp3) is 0.500. The number of imidazole rings is 1. The van der Waals surface area contributed by atoms with Gasteiger partial charge in [0.25, 0.3) is 5.56 Å². The van der Waals surface area contributed by atoms with Crippen LogP contribution >= 0.6 is 26.2 Å². The van der Waals surface area contributed by atoms with E-state index < -0.39 is 81.9 Å². The van der Waals surface area contributed by atoms with Crippen LogP contribution in [0.2, 0.25) is 0 Å². The summed E-state index contributed by atoms with van der Waals surface area (Å²) in [5.41, 5.74) is 10.9. The van der Waals surface area contributed by atoms with E-state index in [4.69, 9.17) is 46.3 Å². The van der Waals surface area contributed by atoms with E-state index in [2.05, 4.69) is 37.2 Å². The average molecular weight is 725 g/mol. The number of nitrogen functional groups attached to an aromatic ring is 2. The highest BCUT2D eigenvalue weighted by atomic mass is 32.7. The molecule has 0 radical (unpaired) electrons. The Morgan fingerprint density at radius 3 is 2.63 bits per heavy atom. The Morgan fingerprint density at radius 1 is 1.13 bits per heavy atom. The molecular weight excluding hydrogens is 698 g/mol. The third-order valence-electron chi connectivity index (χ3n) is 7.35. The predicted octanol–water partition coefficient (Wildman–Crippen LogP) is 1.17. The summed E-state index contributed by atoms with van der Waals surface area (Å²) in [5.74, 6) is -0.101. The van der Waals surface area contributed by atoms with Gasteiger partial charge in [0, 0.05) is 12.8 Å². The van der Waals surface area contributed by atoms with Crippen molar-refractivity contribution >= 4 is 72.0 Å². The molecule has 6 rings (SSSR count). The minimum atomic E-state index is -4.39. The van der Waals surface area contributed by atoms with Crippen molar-refractivity contribution in [3.8, 4) is 0 Å². The van der Waals surface area contributed by atoms with Gasteiger partial charge in [-0.3, -0.25) is 18.9 Å². The lowest BCUT2D eigenvalue weighted by atomic mass is 10.1. The van der Waals surface area contributed by atoms with Crippen LogP contribution in [0.5, 0.6) is 0 Å². The van der Waals surface area contributed by atoms with E-state index in [1.165, 1.54) is 21.7 Å². The molecule has 7 N–H and O–H groups in total. The number of anilines is 2. The molecule has 6 heterocycles. The molecular formula is C22H26F2N9O9P2S2+. The number of aliphatic hydroxyl groups excluding tert-OH is 1. The van der Waals surface area contributed by atoms with Crippen LogP contribution in [0.25, 0.3) is 22.2 Å². The number of alkyl halides is 2. The number of halogens is 2. The van der Waals surface area contributed by atoms with Crippen molar-refractivity contribution in [2.75, 3.05) is 24.7 Å². The van der Waals surface area contributed by atoms with E-state index in [1.807, 2.05) is 0 Å². The van der Waals surface area contributed by atoms with Gasteiger partial charge in [-0.25, -0.2) is 23.7 Å². The average Bonchev–Trinajstić information content (AvgIpc) is 3.74. The van der Waals surface area contributed by atoms with Gasteiger partial charge in [-0.05, 0) is 28.9 Å². The standard InChI is InChI=1S/C22H25F2N9O9P2S2/c23-11-9(2-4-34)39-21(33-7-29-13-18(33)30-22(26)31-19(13)35)15(11)42-44(37,46)38-5-10-14(41-43(36)45)12(24)20(40-10)32-3-1-8-16(25)27-6-28-17(8)32/h1,3,6-7,9-12,14-15,20-21,34H,2,4-5H2,(H6-,25,26,27,28,30,31,35,36,37,45,46)/p+1/t9-,10-,11-,12+,14-,15-,20-,21-,44?/m1/s1. The Bertz CT molecular complexity index is 1890. The number of nitrogens with two attached hydrogens (primary N) is 2. The Labute approximate surface area is 267 Å². The summed E-state index contributed by atoms with van der Waals surface area (Å²) >= 11 is 8.89. The first-order valence-electron chi connectivity index (χ1n) is 13.4. The highest BCUT2D eigenvalue weighted by Gasteiger charge is 2.53. The van der Waals surface area contributed by atoms with Crippen molar-refractivity contribution < 1.29 is 46.4 Å². The molecule has 2 saturated heterocycles. The van der Waals surface area contributed by atoms with Crippen LogP contribution in [0.15, 0.2) is 29.7 Å². The number of hydrogen-bond acceptors (Lipinski definition) is 15. The zero-order valence-corrected chi connectivity index (χ0v) is 26.6. The van der Waals surface area contributed by atoms with Gasteiger partial charge in [0.2, 0.25) is 5.95 Å². The van der Waals surface area contributed by atoms with Crippen LogP contribution in [-0.2, 0) is 39.4 Å². The van der Waals surface area contributed by atoms with Crippen molar-refractivity contribution in [2.45, 2.75) is 55.6 Å². The Kier molecular flexibility index (Phi) is 9.40. The fourth-order valence-corrected chi connectivity index (χ4v) is 7.54. The van der Waals surface area contributed by atoms with Crippen LogP contribution in [0.4, 0.5) is 20.5 Å². The lowest BCUT2D eigenvalue weighted by molar-refractivity contribution is -0.0500. The zero-order valence-electron chi connectivity index (χ0n) is 23.1. The first-order chi connectivity index (χ1) is 21.9. The minimum Gasteiger partial charge on any atom is -0.396 e. The number of aliphatic hydroxyl groups is 1. The van der Waals surface area contributed by atoms with E-state index in [1.54, 1.807) is 6.07 Å². The van der Waals surface area contributed by atoms with E-state index in [0.29, 0.717) is 5.39 Å². The molecule has 4 aromatic rings. The molecule has 248 valence electrons. The summed E-state index contributed by atoms with van der Waals surface area (Å²) in [6, 6.07) is 1.56. The lowest BCUT2D eigenvalue weighted by Crippen LogP contribution is -2.33. The van der Waals surface area contributed by atoms with Gasteiger partial charge >= 0.3 is 13.9 Å². The molecule has 46 heavy (non-hydrogen) atoms. The number of nitrogens with one attached hydrogen (secondary N) is 1. The van der Waals surface area contributed by atoms with Crippen LogP contribution in [0.1, 0.15) is 18.9 Å². The van der Waals surface area contributed by atoms with Gasteiger partial charge in [-0.2, -0.15) is 4.98 Å². The number of fused-ring (bicyclic) bond motifs is 2. The Balaban J connectivity index is 1.23. The second kappa shape index (κ2) is 13.0. The number of ether oxygens (including phenoxy) is 2. The number of H-pyrrole nitrogens is 1. The first kappa shape index (κ1) is 33.2. The largest absolute Gasteiger partial charge is 0.582 e. The normalized spacial score (nSPS) is 29.9. The smallest absolute Gasteiger partial charge is 0.396 e. The number of aromatic nitrogens is 7. The first-order valence-corrected chi connectivity index (χ1v) is 18.3. The third kappa shape index (κ3) is 6.27. The van der Waals surface area contributed by atoms with Crippen molar-refractivity contribution in [2.24, 2.45) is 0 Å². The second-order valence-electron chi connectivity index (χ2n) is 10.2. The maximum absolute atomic E-state index is 15.8. The topological polar surface area (TPSA) is 250 Å². The van der Waals surface area contributed by atoms with Crippen LogP contribution in [-0.4, -0.2) is 94.0 Å². The molecule has 2 aliphatic rings. The van der Waals surface area contributed by atoms with E-state index in [9.17, 15) is 19.4 Å². The summed E-state index contributed by atoms with van der Waals surface area (Å²) in [6.45, 7) is -5.49. The van der Waals surface area contributed by atoms with Gasteiger partial charge in [0.05, 0.1) is 24.4 Å². The highest BCUT2D eigenvalue weighted by Crippen LogP contribution is 2.52. The Hall–Kier alpha value is -2.75. The molecule has 0 saturated carbocycles. The van der Waals surface area contributed by atoms with Crippen LogP contribution in [0.3, 0.4) is 0 Å². The molecule has 0 spiro atoms. The molecule has 18 nitrogen and oxygen atoms in total. The van der Waals surface area contributed by atoms with Crippen molar-refractivity contribution in [1.29, 1.82) is 0 Å². The zero-order chi connectivity index (χ0) is 32.9. The molecule has 2 fully saturated rings. The van der Waals surface area contributed by atoms with Crippen molar-refractivity contribution in [3.63, 3.8) is 0 Å². The number of thiol groups is 1. The van der Waals surface area contributed by atoms with Gasteiger partial charge in [0.15, 0.2) is 42.1 Å². The molecule has 0 aliphatic carbocycles. The fourth-order valence-electron chi connectivity index (χ4n) is 5.35. The molecule has 2 unspecified atom stereocenters. The molecule has 0 amide bonds. The van der Waals surface area contributed by atoms with Crippen LogP contribution < -0.4 is 17.0 Å².